The number of rotatable bonds is 3. The molecule has 0 saturated heterocycles. The predicted octanol–water partition coefficient (Wildman–Crippen LogP) is 2.44. The van der Waals surface area contributed by atoms with Crippen molar-refractivity contribution in [2.45, 2.75) is 6.92 Å². The van der Waals surface area contributed by atoms with Gasteiger partial charge in [0.2, 0.25) is 0 Å². The lowest BCUT2D eigenvalue weighted by molar-refractivity contribution is 0.321. The van der Waals surface area contributed by atoms with Crippen molar-refractivity contribution in [3.05, 3.63) is 36.2 Å². The first-order valence-electron chi connectivity index (χ1n) is 5.04. The van der Waals surface area contributed by atoms with Crippen molar-refractivity contribution in [3.8, 4) is 5.75 Å². The van der Waals surface area contributed by atoms with Crippen LogP contribution < -0.4 is 4.74 Å². The average Bonchev–Trinajstić information content (AvgIpc) is 2.31. The van der Waals surface area contributed by atoms with Gasteiger partial charge >= 0.3 is 0 Å². The molecule has 0 radical (unpaired) electrons. The number of nitrogens with zero attached hydrogens (tertiary/aromatic N) is 2. The van der Waals surface area contributed by atoms with Crippen molar-refractivity contribution >= 4 is 17.0 Å². The average molecular weight is 216 g/mol. The van der Waals surface area contributed by atoms with E-state index in [0.717, 1.165) is 16.5 Å². The third-order valence-corrected chi connectivity index (χ3v) is 2.26. The Morgan fingerprint density at radius 2 is 2.31 bits per heavy atom. The van der Waals surface area contributed by atoms with E-state index in [1.165, 1.54) is 6.21 Å². The quantitative estimate of drug-likeness (QED) is 0.487. The summed E-state index contributed by atoms with van der Waals surface area (Å²) < 4.78 is 5.41. The van der Waals surface area contributed by atoms with Crippen molar-refractivity contribution in [2.75, 3.05) is 6.61 Å². The van der Waals surface area contributed by atoms with E-state index in [0.29, 0.717) is 12.3 Å². The maximum absolute atomic E-state index is 8.55. The Morgan fingerprint density at radius 1 is 1.44 bits per heavy atom. The molecule has 1 heterocycles. The number of ether oxygens (including phenoxy) is 1. The number of oxime groups is 1. The van der Waals surface area contributed by atoms with Gasteiger partial charge in [0.25, 0.3) is 0 Å². The molecule has 4 heteroatoms. The minimum atomic E-state index is 0.620. The summed E-state index contributed by atoms with van der Waals surface area (Å²) >= 11 is 0. The summed E-state index contributed by atoms with van der Waals surface area (Å²) in [6, 6.07) is 7.66. The standard InChI is InChI=1S/C12H12N2O2/c1-2-16-10-4-3-9-5-6-13-12(8-14-15)11(9)7-10/h3-8,15H,2H2,1H3. The first-order valence-corrected chi connectivity index (χ1v) is 5.04. The number of benzene rings is 1. The Labute approximate surface area is 93.2 Å². The highest BCUT2D eigenvalue weighted by atomic mass is 16.5. The summed E-state index contributed by atoms with van der Waals surface area (Å²) in [5, 5.41) is 13.5. The van der Waals surface area contributed by atoms with Crippen molar-refractivity contribution in [1.82, 2.24) is 4.98 Å². The molecule has 0 amide bonds. The highest BCUT2D eigenvalue weighted by molar-refractivity contribution is 5.98. The van der Waals surface area contributed by atoms with Crippen LogP contribution in [0.25, 0.3) is 10.8 Å². The summed E-state index contributed by atoms with van der Waals surface area (Å²) in [6.07, 6.45) is 3.00. The van der Waals surface area contributed by atoms with Gasteiger partial charge < -0.3 is 9.94 Å². The molecule has 0 bridgehead atoms. The Bertz CT molecular complexity index is 523. The Morgan fingerprint density at radius 3 is 3.06 bits per heavy atom. The fraction of sp³-hybridized carbons (Fsp3) is 0.167. The molecular weight excluding hydrogens is 204 g/mol. The molecule has 0 aliphatic heterocycles. The maximum Gasteiger partial charge on any atom is 0.119 e. The van der Waals surface area contributed by atoms with Gasteiger partial charge in [0.1, 0.15) is 5.75 Å². The van der Waals surface area contributed by atoms with E-state index >= 15 is 0 Å². The fourth-order valence-electron chi connectivity index (χ4n) is 1.58. The van der Waals surface area contributed by atoms with Gasteiger partial charge in [0.15, 0.2) is 0 Å². The first kappa shape index (κ1) is 10.4. The first-order chi connectivity index (χ1) is 7.85. The van der Waals surface area contributed by atoms with Crippen LogP contribution in [0.2, 0.25) is 0 Å². The number of hydrogen-bond donors (Lipinski definition) is 1. The van der Waals surface area contributed by atoms with Gasteiger partial charge in [-0.05, 0) is 30.5 Å². The minimum absolute atomic E-state index is 0.620. The van der Waals surface area contributed by atoms with Crippen LogP contribution in [-0.4, -0.2) is 23.0 Å². The summed E-state index contributed by atoms with van der Waals surface area (Å²) in [7, 11) is 0. The molecule has 82 valence electrons. The number of aromatic nitrogens is 1. The van der Waals surface area contributed by atoms with Gasteiger partial charge in [-0.15, -0.1) is 0 Å². The second-order valence-electron chi connectivity index (χ2n) is 3.26. The van der Waals surface area contributed by atoms with Crippen LogP contribution in [0, 0.1) is 0 Å². The molecule has 2 aromatic rings. The van der Waals surface area contributed by atoms with E-state index in [2.05, 4.69) is 10.1 Å². The third kappa shape index (κ3) is 1.95. The van der Waals surface area contributed by atoms with Gasteiger partial charge in [-0.1, -0.05) is 11.2 Å². The summed E-state index contributed by atoms with van der Waals surface area (Å²) in [4.78, 5) is 4.13. The molecule has 1 N–H and O–H groups in total. The molecule has 0 aliphatic carbocycles. The largest absolute Gasteiger partial charge is 0.494 e. The van der Waals surface area contributed by atoms with Crippen molar-refractivity contribution in [3.63, 3.8) is 0 Å². The maximum atomic E-state index is 8.55. The van der Waals surface area contributed by atoms with Crippen LogP contribution in [0.15, 0.2) is 35.6 Å². The molecule has 0 atom stereocenters. The zero-order valence-corrected chi connectivity index (χ0v) is 8.92. The lowest BCUT2D eigenvalue weighted by atomic mass is 10.1. The van der Waals surface area contributed by atoms with Gasteiger partial charge in [-0.3, -0.25) is 4.98 Å². The second kappa shape index (κ2) is 4.61. The minimum Gasteiger partial charge on any atom is -0.494 e. The summed E-state index contributed by atoms with van der Waals surface area (Å²) in [5.74, 6) is 0.788. The smallest absolute Gasteiger partial charge is 0.119 e. The van der Waals surface area contributed by atoms with E-state index in [4.69, 9.17) is 9.94 Å². The normalized spacial score (nSPS) is 11.1. The van der Waals surface area contributed by atoms with Crippen LogP contribution in [0.3, 0.4) is 0 Å². The molecule has 0 fully saturated rings. The number of fused-ring (bicyclic) bond motifs is 1. The van der Waals surface area contributed by atoms with E-state index < -0.39 is 0 Å². The lowest BCUT2D eigenvalue weighted by Crippen LogP contribution is -1.93. The number of pyridine rings is 1. The van der Waals surface area contributed by atoms with E-state index in [1.807, 2.05) is 31.2 Å². The van der Waals surface area contributed by atoms with Gasteiger partial charge in [0.05, 0.1) is 18.5 Å². The van der Waals surface area contributed by atoms with Gasteiger partial charge in [-0.25, -0.2) is 0 Å². The summed E-state index contributed by atoms with van der Waals surface area (Å²) in [5.41, 5.74) is 0.626. The van der Waals surface area contributed by atoms with Crippen LogP contribution in [0.4, 0.5) is 0 Å². The summed E-state index contributed by atoms with van der Waals surface area (Å²) in [6.45, 7) is 2.55. The monoisotopic (exact) mass is 216 g/mol. The zero-order valence-electron chi connectivity index (χ0n) is 8.92. The molecule has 16 heavy (non-hydrogen) atoms. The molecule has 0 unspecified atom stereocenters. The van der Waals surface area contributed by atoms with Crippen LogP contribution in [0.5, 0.6) is 5.75 Å². The van der Waals surface area contributed by atoms with Gasteiger partial charge in [0, 0.05) is 11.6 Å². The topological polar surface area (TPSA) is 54.7 Å². The third-order valence-electron chi connectivity index (χ3n) is 2.26. The molecule has 4 nitrogen and oxygen atoms in total. The molecule has 0 spiro atoms. The van der Waals surface area contributed by atoms with Crippen LogP contribution in [0.1, 0.15) is 12.6 Å². The lowest BCUT2D eigenvalue weighted by Gasteiger charge is -2.05. The molecule has 1 aromatic heterocycles. The van der Waals surface area contributed by atoms with E-state index in [-0.39, 0.29) is 0 Å². The van der Waals surface area contributed by atoms with Crippen LogP contribution >= 0.6 is 0 Å². The SMILES string of the molecule is CCOc1ccc2ccnc(C=NO)c2c1. The second-order valence-corrected chi connectivity index (χ2v) is 3.26. The highest BCUT2D eigenvalue weighted by Gasteiger charge is 2.02. The van der Waals surface area contributed by atoms with E-state index in [9.17, 15) is 0 Å². The zero-order chi connectivity index (χ0) is 11.4. The molecular formula is C12H12N2O2. The van der Waals surface area contributed by atoms with Gasteiger partial charge in [-0.2, -0.15) is 0 Å². The molecule has 0 aliphatic rings. The Hall–Kier alpha value is -2.10. The highest BCUT2D eigenvalue weighted by Crippen LogP contribution is 2.22. The fourth-order valence-corrected chi connectivity index (χ4v) is 1.58. The molecule has 0 saturated carbocycles. The van der Waals surface area contributed by atoms with Crippen molar-refractivity contribution in [1.29, 1.82) is 0 Å². The van der Waals surface area contributed by atoms with Crippen LogP contribution in [-0.2, 0) is 0 Å². The Balaban J connectivity index is 2.59. The van der Waals surface area contributed by atoms with Crippen molar-refractivity contribution in [2.24, 2.45) is 5.16 Å². The number of hydrogen-bond acceptors (Lipinski definition) is 4. The molecule has 1 aromatic carbocycles. The Kier molecular flexibility index (Phi) is 3.00. The van der Waals surface area contributed by atoms with Crippen molar-refractivity contribution < 1.29 is 9.94 Å². The molecule has 2 rings (SSSR count). The van der Waals surface area contributed by atoms with E-state index in [1.54, 1.807) is 6.20 Å². The predicted molar refractivity (Wildman–Crippen MR) is 62.3 cm³/mol.